The molecule has 3 rings (SSSR count). The third-order valence-corrected chi connectivity index (χ3v) is 3.74. The van der Waals surface area contributed by atoms with Crippen LogP contribution in [0.1, 0.15) is 19.3 Å². The average molecular weight is 283 g/mol. The molecule has 19 heavy (non-hydrogen) atoms. The molecule has 1 saturated heterocycles. The van der Waals surface area contributed by atoms with Gasteiger partial charge in [-0.2, -0.15) is 5.10 Å². The summed E-state index contributed by atoms with van der Waals surface area (Å²) in [7, 11) is 0. The molecule has 1 amide bonds. The quantitative estimate of drug-likeness (QED) is 0.848. The minimum Gasteiger partial charge on any atom is -0.374 e. The molecule has 7 heteroatoms. The number of hydrogen-bond donors (Lipinski definition) is 2. The van der Waals surface area contributed by atoms with Crippen LogP contribution in [0.2, 0.25) is 5.02 Å². The van der Waals surface area contributed by atoms with Crippen LogP contribution in [-0.4, -0.2) is 28.3 Å². The van der Waals surface area contributed by atoms with Gasteiger partial charge in [0.2, 0.25) is 5.91 Å². The van der Waals surface area contributed by atoms with Crippen LogP contribution in [0.4, 0.5) is 5.69 Å². The molecule has 1 atom stereocenters. The van der Waals surface area contributed by atoms with Crippen LogP contribution in [-0.2, 0) is 11.3 Å². The van der Waals surface area contributed by atoms with Crippen molar-refractivity contribution in [2.45, 2.75) is 31.8 Å². The van der Waals surface area contributed by atoms with Gasteiger partial charge in [-0.3, -0.25) is 9.59 Å². The van der Waals surface area contributed by atoms with Gasteiger partial charge in [-0.1, -0.05) is 11.6 Å². The number of carbonyl (C=O) groups excluding carboxylic acids is 1. The normalized spacial score (nSPS) is 22.4. The van der Waals surface area contributed by atoms with E-state index >= 15 is 0 Å². The fraction of sp³-hybridized carbons (Fsp3) is 0.583. The zero-order chi connectivity index (χ0) is 13.4. The third-order valence-electron chi connectivity index (χ3n) is 3.45. The lowest BCUT2D eigenvalue weighted by atomic mass is 10.2. The molecule has 0 bridgehead atoms. The van der Waals surface area contributed by atoms with Gasteiger partial charge < -0.3 is 10.6 Å². The van der Waals surface area contributed by atoms with Crippen molar-refractivity contribution in [2.75, 3.05) is 11.9 Å². The first-order valence-corrected chi connectivity index (χ1v) is 6.80. The minimum atomic E-state index is -0.209. The Balaban J connectivity index is 1.82. The lowest BCUT2D eigenvalue weighted by Gasteiger charge is -2.14. The molecular formula is C12H15ClN4O2. The van der Waals surface area contributed by atoms with E-state index in [-0.39, 0.29) is 17.5 Å². The van der Waals surface area contributed by atoms with Crippen LogP contribution < -0.4 is 16.2 Å². The first kappa shape index (κ1) is 12.5. The van der Waals surface area contributed by atoms with Crippen LogP contribution >= 0.6 is 11.6 Å². The Morgan fingerprint density at radius 2 is 2.26 bits per heavy atom. The second-order valence-corrected chi connectivity index (χ2v) is 5.55. The van der Waals surface area contributed by atoms with Gasteiger partial charge in [0.15, 0.2) is 0 Å². The molecule has 1 aromatic rings. The molecule has 2 fully saturated rings. The van der Waals surface area contributed by atoms with E-state index in [2.05, 4.69) is 15.7 Å². The van der Waals surface area contributed by atoms with Crippen LogP contribution in [0.5, 0.6) is 0 Å². The Bertz CT molecular complexity index is 567. The summed E-state index contributed by atoms with van der Waals surface area (Å²) in [6.45, 7) is 1.16. The molecule has 0 spiro atoms. The van der Waals surface area contributed by atoms with E-state index in [0.29, 0.717) is 36.1 Å². The molecule has 1 aliphatic carbocycles. The third kappa shape index (κ3) is 2.73. The van der Waals surface area contributed by atoms with Gasteiger partial charge in [-0.25, -0.2) is 4.68 Å². The molecular weight excluding hydrogens is 268 g/mol. The first-order valence-electron chi connectivity index (χ1n) is 6.42. The number of aromatic nitrogens is 2. The van der Waals surface area contributed by atoms with E-state index < -0.39 is 0 Å². The van der Waals surface area contributed by atoms with Crippen LogP contribution in [0.3, 0.4) is 0 Å². The minimum absolute atomic E-state index is 0.0130. The number of nitrogens with zero attached hydrogens (tertiary/aromatic N) is 2. The van der Waals surface area contributed by atoms with Gasteiger partial charge in [0, 0.05) is 19.5 Å². The van der Waals surface area contributed by atoms with Gasteiger partial charge in [0.1, 0.15) is 5.69 Å². The summed E-state index contributed by atoms with van der Waals surface area (Å²) in [6, 6.07) is -0.0884. The number of rotatable bonds is 4. The highest BCUT2D eigenvalue weighted by atomic mass is 35.5. The number of nitrogens with one attached hydrogen (secondary N) is 2. The van der Waals surface area contributed by atoms with Crippen LogP contribution in [0.15, 0.2) is 11.0 Å². The number of halogens is 1. The van der Waals surface area contributed by atoms with Crippen molar-refractivity contribution < 1.29 is 4.79 Å². The van der Waals surface area contributed by atoms with Crippen molar-refractivity contribution >= 4 is 23.2 Å². The molecule has 102 valence electrons. The maximum Gasteiger partial charge on any atom is 0.291 e. The van der Waals surface area contributed by atoms with Gasteiger partial charge in [0.25, 0.3) is 5.56 Å². The number of anilines is 1. The highest BCUT2D eigenvalue weighted by Gasteiger charge is 2.26. The molecule has 2 aliphatic rings. The molecule has 6 nitrogen and oxygen atoms in total. The van der Waals surface area contributed by atoms with Crippen molar-refractivity contribution in [2.24, 2.45) is 5.92 Å². The molecule has 1 saturated carbocycles. The Kier molecular flexibility index (Phi) is 3.18. The maximum atomic E-state index is 12.3. The van der Waals surface area contributed by atoms with Crippen molar-refractivity contribution in [3.63, 3.8) is 0 Å². The Hall–Kier alpha value is -1.56. The zero-order valence-corrected chi connectivity index (χ0v) is 11.1. The van der Waals surface area contributed by atoms with Crippen molar-refractivity contribution in [1.29, 1.82) is 0 Å². The highest BCUT2D eigenvalue weighted by molar-refractivity contribution is 6.33. The Morgan fingerprint density at radius 3 is 2.89 bits per heavy atom. The summed E-state index contributed by atoms with van der Waals surface area (Å²) in [4.78, 5) is 23.4. The fourth-order valence-corrected chi connectivity index (χ4v) is 2.36. The summed E-state index contributed by atoms with van der Waals surface area (Å²) < 4.78 is 1.45. The van der Waals surface area contributed by atoms with E-state index in [1.165, 1.54) is 10.9 Å². The molecule has 2 heterocycles. The number of hydrogen-bond acceptors (Lipinski definition) is 4. The summed E-state index contributed by atoms with van der Waals surface area (Å²) >= 11 is 6.02. The molecule has 1 aliphatic heterocycles. The maximum absolute atomic E-state index is 12.3. The standard InChI is InChI=1S/C12H15ClN4O2/c13-9-5-15-17(6-7-1-2-7)12(19)11(9)16-8-3-10(18)14-4-8/h5,7-8,16H,1-4,6H2,(H,14,18). The molecule has 1 aromatic heterocycles. The second-order valence-electron chi connectivity index (χ2n) is 5.15. The van der Waals surface area contributed by atoms with Crippen molar-refractivity contribution in [3.05, 3.63) is 21.6 Å². The van der Waals surface area contributed by atoms with Gasteiger partial charge in [0.05, 0.1) is 17.3 Å². The lowest BCUT2D eigenvalue weighted by molar-refractivity contribution is -0.119. The van der Waals surface area contributed by atoms with E-state index in [4.69, 9.17) is 11.6 Å². The fourth-order valence-electron chi connectivity index (χ4n) is 2.19. The van der Waals surface area contributed by atoms with E-state index in [9.17, 15) is 9.59 Å². The highest BCUT2D eigenvalue weighted by Crippen LogP contribution is 2.30. The summed E-state index contributed by atoms with van der Waals surface area (Å²) in [5.74, 6) is 0.551. The van der Waals surface area contributed by atoms with Crippen molar-refractivity contribution in [1.82, 2.24) is 15.1 Å². The van der Waals surface area contributed by atoms with E-state index in [1.54, 1.807) is 0 Å². The average Bonchev–Trinajstić information content (AvgIpc) is 3.10. The predicted octanol–water partition coefficient (Wildman–Crippen LogP) is 0.607. The molecule has 1 unspecified atom stereocenters. The molecule has 0 radical (unpaired) electrons. The zero-order valence-electron chi connectivity index (χ0n) is 10.4. The largest absolute Gasteiger partial charge is 0.374 e. The number of carbonyl (C=O) groups is 1. The van der Waals surface area contributed by atoms with E-state index in [1.807, 2.05) is 0 Å². The van der Waals surface area contributed by atoms with Crippen molar-refractivity contribution in [3.8, 4) is 0 Å². The molecule has 2 N–H and O–H groups in total. The van der Waals surface area contributed by atoms with Crippen LogP contribution in [0, 0.1) is 5.92 Å². The summed E-state index contributed by atoms with van der Waals surface area (Å²) in [5.41, 5.74) is 0.137. The lowest BCUT2D eigenvalue weighted by Crippen LogP contribution is -2.31. The molecule has 0 aromatic carbocycles. The Morgan fingerprint density at radius 1 is 1.47 bits per heavy atom. The van der Waals surface area contributed by atoms with Gasteiger partial charge >= 0.3 is 0 Å². The first-order chi connectivity index (χ1) is 9.13. The predicted molar refractivity (Wildman–Crippen MR) is 71.3 cm³/mol. The number of amides is 1. The topological polar surface area (TPSA) is 76.0 Å². The summed E-state index contributed by atoms with van der Waals surface area (Å²) in [6.07, 6.45) is 4.15. The SMILES string of the molecule is O=C1CC(Nc2c(Cl)cnn(CC3CC3)c2=O)CN1. The van der Waals surface area contributed by atoms with Gasteiger partial charge in [-0.05, 0) is 18.8 Å². The summed E-state index contributed by atoms with van der Waals surface area (Å²) in [5, 5.41) is 10.1. The Labute approximate surface area is 115 Å². The second kappa shape index (κ2) is 4.85. The monoisotopic (exact) mass is 282 g/mol. The van der Waals surface area contributed by atoms with Gasteiger partial charge in [-0.15, -0.1) is 0 Å². The van der Waals surface area contributed by atoms with E-state index in [0.717, 1.165) is 12.8 Å². The van der Waals surface area contributed by atoms with Crippen LogP contribution in [0.25, 0.3) is 0 Å². The smallest absolute Gasteiger partial charge is 0.291 e.